The number of aromatic nitrogens is 3. The van der Waals surface area contributed by atoms with Crippen molar-refractivity contribution in [2.75, 3.05) is 13.7 Å². The van der Waals surface area contributed by atoms with Gasteiger partial charge in [0.15, 0.2) is 0 Å². The van der Waals surface area contributed by atoms with Gasteiger partial charge in [-0.3, -0.25) is 0 Å². The summed E-state index contributed by atoms with van der Waals surface area (Å²) >= 11 is 0. The quantitative estimate of drug-likeness (QED) is 0.800. The summed E-state index contributed by atoms with van der Waals surface area (Å²) < 4.78 is 6.97. The van der Waals surface area contributed by atoms with Crippen LogP contribution in [0.4, 0.5) is 0 Å². The number of methoxy groups -OCH3 is 1. The third-order valence-corrected chi connectivity index (χ3v) is 2.67. The van der Waals surface area contributed by atoms with Crippen LogP contribution in [0.5, 0.6) is 5.75 Å². The van der Waals surface area contributed by atoms with Crippen molar-refractivity contribution in [1.29, 1.82) is 0 Å². The van der Waals surface area contributed by atoms with Crippen molar-refractivity contribution in [2.24, 2.45) is 5.73 Å². The summed E-state index contributed by atoms with van der Waals surface area (Å²) in [6, 6.07) is 7.59. The number of nitrogens with zero attached hydrogens (tertiary/aromatic N) is 3. The fraction of sp³-hybridized carbons (Fsp3) is 0.333. The molecule has 0 unspecified atom stereocenters. The maximum atomic E-state index is 9.05. The number of nitrogens with two attached hydrogens (primary N) is 1. The minimum atomic E-state index is -0.00444. The molecule has 0 amide bonds. The number of ether oxygens (including phenoxy) is 1. The molecule has 0 atom stereocenters. The zero-order valence-electron chi connectivity index (χ0n) is 10.2. The number of rotatable bonds is 5. The van der Waals surface area contributed by atoms with Gasteiger partial charge in [0.1, 0.15) is 11.4 Å². The molecule has 0 aliphatic carbocycles. The summed E-state index contributed by atoms with van der Waals surface area (Å²) in [5, 5.41) is 17.1. The minimum absolute atomic E-state index is 0.00444. The number of hydrogen-bond donors (Lipinski definition) is 2. The Morgan fingerprint density at radius 1 is 1.39 bits per heavy atom. The lowest BCUT2D eigenvalue weighted by Crippen LogP contribution is -2.07. The van der Waals surface area contributed by atoms with Crippen LogP contribution < -0.4 is 10.5 Å². The van der Waals surface area contributed by atoms with E-state index in [1.165, 1.54) is 0 Å². The first kappa shape index (κ1) is 12.5. The van der Waals surface area contributed by atoms with Crippen LogP contribution in [-0.2, 0) is 13.1 Å². The first-order valence-electron chi connectivity index (χ1n) is 5.68. The third-order valence-electron chi connectivity index (χ3n) is 2.67. The van der Waals surface area contributed by atoms with Gasteiger partial charge in [0.25, 0.3) is 0 Å². The molecule has 1 aromatic carbocycles. The fourth-order valence-corrected chi connectivity index (χ4v) is 1.87. The molecular formula is C12H16N4O2. The van der Waals surface area contributed by atoms with Gasteiger partial charge in [0.05, 0.1) is 26.0 Å². The highest BCUT2D eigenvalue weighted by atomic mass is 16.5. The molecule has 0 bridgehead atoms. The van der Waals surface area contributed by atoms with E-state index in [0.717, 1.165) is 17.0 Å². The summed E-state index contributed by atoms with van der Waals surface area (Å²) in [6.45, 7) is 0.661. The monoisotopic (exact) mass is 248 g/mol. The Kier molecular flexibility index (Phi) is 3.91. The van der Waals surface area contributed by atoms with Crippen LogP contribution in [0.2, 0.25) is 0 Å². The highest BCUT2D eigenvalue weighted by molar-refractivity contribution is 5.69. The second-order valence-electron chi connectivity index (χ2n) is 3.74. The van der Waals surface area contributed by atoms with E-state index >= 15 is 0 Å². The van der Waals surface area contributed by atoms with Gasteiger partial charge in [0.2, 0.25) is 0 Å². The van der Waals surface area contributed by atoms with Crippen molar-refractivity contribution < 1.29 is 9.84 Å². The summed E-state index contributed by atoms with van der Waals surface area (Å²) in [5.41, 5.74) is 8.03. The van der Waals surface area contributed by atoms with E-state index in [-0.39, 0.29) is 6.61 Å². The molecule has 0 radical (unpaired) electrons. The van der Waals surface area contributed by atoms with E-state index in [9.17, 15) is 0 Å². The lowest BCUT2D eigenvalue weighted by molar-refractivity contribution is 0.268. The molecule has 6 heteroatoms. The molecule has 18 heavy (non-hydrogen) atoms. The third kappa shape index (κ3) is 2.20. The molecule has 1 aromatic heterocycles. The van der Waals surface area contributed by atoms with Gasteiger partial charge >= 0.3 is 0 Å². The van der Waals surface area contributed by atoms with Crippen molar-refractivity contribution in [1.82, 2.24) is 15.0 Å². The van der Waals surface area contributed by atoms with Crippen LogP contribution in [0, 0.1) is 0 Å². The SMILES string of the molecule is COc1ccccc1-c1c(CN)nnn1CCO. The summed E-state index contributed by atoms with van der Waals surface area (Å²) in [7, 11) is 1.61. The number of hydrogen-bond acceptors (Lipinski definition) is 5. The molecule has 0 aliphatic heterocycles. The standard InChI is InChI=1S/C12H16N4O2/c1-18-11-5-3-2-4-9(11)12-10(8-13)14-15-16(12)6-7-17/h2-5,17H,6-8,13H2,1H3. The lowest BCUT2D eigenvalue weighted by Gasteiger charge is -2.10. The zero-order chi connectivity index (χ0) is 13.0. The number of para-hydroxylation sites is 1. The van der Waals surface area contributed by atoms with Gasteiger partial charge < -0.3 is 15.6 Å². The van der Waals surface area contributed by atoms with Gasteiger partial charge in [-0.2, -0.15) is 0 Å². The maximum Gasteiger partial charge on any atom is 0.128 e. The Labute approximate surface area is 105 Å². The topological polar surface area (TPSA) is 86.2 Å². The second-order valence-corrected chi connectivity index (χ2v) is 3.74. The number of aliphatic hydroxyl groups is 1. The van der Waals surface area contributed by atoms with Crippen LogP contribution in [0.25, 0.3) is 11.3 Å². The average Bonchev–Trinajstić information content (AvgIpc) is 2.82. The fourth-order valence-electron chi connectivity index (χ4n) is 1.87. The van der Waals surface area contributed by atoms with E-state index in [2.05, 4.69) is 10.3 Å². The van der Waals surface area contributed by atoms with Gasteiger partial charge in [-0.05, 0) is 12.1 Å². The largest absolute Gasteiger partial charge is 0.496 e. The van der Waals surface area contributed by atoms with Gasteiger partial charge in [-0.15, -0.1) is 5.10 Å². The maximum absolute atomic E-state index is 9.05. The molecule has 0 fully saturated rings. The van der Waals surface area contributed by atoms with E-state index < -0.39 is 0 Å². The molecular weight excluding hydrogens is 232 g/mol. The average molecular weight is 248 g/mol. The molecule has 2 rings (SSSR count). The molecule has 0 saturated heterocycles. The Balaban J connectivity index is 2.57. The van der Waals surface area contributed by atoms with E-state index in [0.29, 0.717) is 18.8 Å². The molecule has 0 aliphatic rings. The Morgan fingerprint density at radius 3 is 2.83 bits per heavy atom. The Hall–Kier alpha value is -1.92. The second kappa shape index (κ2) is 5.61. The number of aliphatic hydroxyl groups excluding tert-OH is 1. The zero-order valence-corrected chi connectivity index (χ0v) is 10.2. The Morgan fingerprint density at radius 2 is 2.17 bits per heavy atom. The van der Waals surface area contributed by atoms with Gasteiger partial charge in [0, 0.05) is 12.1 Å². The van der Waals surface area contributed by atoms with E-state index in [1.54, 1.807) is 11.8 Å². The molecule has 96 valence electrons. The van der Waals surface area contributed by atoms with E-state index in [1.807, 2.05) is 24.3 Å². The molecule has 6 nitrogen and oxygen atoms in total. The predicted molar refractivity (Wildman–Crippen MR) is 67.0 cm³/mol. The molecule has 1 heterocycles. The minimum Gasteiger partial charge on any atom is -0.496 e. The van der Waals surface area contributed by atoms with Crippen LogP contribution in [-0.4, -0.2) is 33.8 Å². The van der Waals surface area contributed by atoms with Crippen molar-refractivity contribution >= 4 is 0 Å². The van der Waals surface area contributed by atoms with Crippen molar-refractivity contribution in [3.8, 4) is 17.0 Å². The smallest absolute Gasteiger partial charge is 0.128 e. The summed E-state index contributed by atoms with van der Waals surface area (Å²) in [4.78, 5) is 0. The van der Waals surface area contributed by atoms with Gasteiger partial charge in [-0.1, -0.05) is 17.3 Å². The highest BCUT2D eigenvalue weighted by Crippen LogP contribution is 2.31. The first-order chi connectivity index (χ1) is 8.81. The molecule has 3 N–H and O–H groups in total. The van der Waals surface area contributed by atoms with Crippen LogP contribution in [0.3, 0.4) is 0 Å². The van der Waals surface area contributed by atoms with Crippen LogP contribution in [0.15, 0.2) is 24.3 Å². The van der Waals surface area contributed by atoms with Crippen molar-refractivity contribution in [3.05, 3.63) is 30.0 Å². The molecule has 2 aromatic rings. The normalized spacial score (nSPS) is 10.6. The summed E-state index contributed by atoms with van der Waals surface area (Å²) in [6.07, 6.45) is 0. The summed E-state index contributed by atoms with van der Waals surface area (Å²) in [5.74, 6) is 0.730. The molecule has 0 saturated carbocycles. The van der Waals surface area contributed by atoms with Crippen molar-refractivity contribution in [2.45, 2.75) is 13.1 Å². The highest BCUT2D eigenvalue weighted by Gasteiger charge is 2.16. The molecule has 0 spiro atoms. The van der Waals surface area contributed by atoms with Gasteiger partial charge in [-0.25, -0.2) is 4.68 Å². The first-order valence-corrected chi connectivity index (χ1v) is 5.68. The van der Waals surface area contributed by atoms with Crippen molar-refractivity contribution in [3.63, 3.8) is 0 Å². The van der Waals surface area contributed by atoms with Crippen LogP contribution in [0.1, 0.15) is 5.69 Å². The number of benzene rings is 1. The Bertz CT molecular complexity index is 525. The van der Waals surface area contributed by atoms with E-state index in [4.69, 9.17) is 15.6 Å². The van der Waals surface area contributed by atoms with Crippen LogP contribution >= 0.6 is 0 Å². The lowest BCUT2D eigenvalue weighted by atomic mass is 10.1. The predicted octanol–water partition coefficient (Wildman–Crippen LogP) is 0.405.